The SMILES string of the molecule is CC(O)(CCOC=O)Oc1ccc(Cl)cc1. The van der Waals surface area contributed by atoms with Crippen LogP contribution in [-0.4, -0.2) is 24.0 Å². The summed E-state index contributed by atoms with van der Waals surface area (Å²) in [7, 11) is 0. The number of benzene rings is 1. The van der Waals surface area contributed by atoms with Crippen molar-refractivity contribution in [1.82, 2.24) is 0 Å². The fourth-order valence-corrected chi connectivity index (χ4v) is 1.23. The van der Waals surface area contributed by atoms with E-state index in [1.165, 1.54) is 6.92 Å². The summed E-state index contributed by atoms with van der Waals surface area (Å²) in [6.45, 7) is 1.93. The van der Waals surface area contributed by atoms with E-state index >= 15 is 0 Å². The van der Waals surface area contributed by atoms with E-state index in [1.807, 2.05) is 0 Å². The van der Waals surface area contributed by atoms with Crippen LogP contribution >= 0.6 is 11.6 Å². The highest BCUT2D eigenvalue weighted by atomic mass is 35.5. The molecule has 0 radical (unpaired) electrons. The van der Waals surface area contributed by atoms with Gasteiger partial charge in [-0.05, 0) is 24.3 Å². The molecular weight excluding hydrogens is 232 g/mol. The molecule has 0 aliphatic rings. The summed E-state index contributed by atoms with van der Waals surface area (Å²) in [5.74, 6) is -0.878. The maximum absolute atomic E-state index is 9.93. The van der Waals surface area contributed by atoms with Crippen LogP contribution in [-0.2, 0) is 9.53 Å². The van der Waals surface area contributed by atoms with Crippen LogP contribution < -0.4 is 4.74 Å². The monoisotopic (exact) mass is 244 g/mol. The Balaban J connectivity index is 2.50. The van der Waals surface area contributed by atoms with Gasteiger partial charge in [-0.1, -0.05) is 11.6 Å². The minimum atomic E-state index is -1.38. The predicted molar refractivity (Wildman–Crippen MR) is 59.3 cm³/mol. The summed E-state index contributed by atoms with van der Waals surface area (Å²) >= 11 is 5.71. The molecule has 0 amide bonds. The second kappa shape index (κ2) is 5.72. The van der Waals surface area contributed by atoms with Gasteiger partial charge in [0, 0.05) is 18.4 Å². The van der Waals surface area contributed by atoms with Crippen molar-refractivity contribution < 1.29 is 19.4 Å². The molecule has 0 fully saturated rings. The fraction of sp³-hybridized carbons (Fsp3) is 0.364. The maximum atomic E-state index is 9.93. The molecule has 0 bridgehead atoms. The van der Waals surface area contributed by atoms with Crippen molar-refractivity contribution in [1.29, 1.82) is 0 Å². The number of halogens is 1. The summed E-state index contributed by atoms with van der Waals surface area (Å²) in [5, 5.41) is 10.4. The van der Waals surface area contributed by atoms with Gasteiger partial charge in [0.15, 0.2) is 0 Å². The first-order valence-corrected chi connectivity index (χ1v) is 5.13. The second-order valence-electron chi connectivity index (χ2n) is 3.45. The Morgan fingerprint density at radius 3 is 2.62 bits per heavy atom. The first kappa shape index (κ1) is 12.8. The first-order valence-electron chi connectivity index (χ1n) is 4.76. The molecule has 1 rings (SSSR count). The van der Waals surface area contributed by atoms with Crippen LogP contribution in [0.4, 0.5) is 0 Å². The van der Waals surface area contributed by atoms with Crippen LogP contribution in [0.3, 0.4) is 0 Å². The molecule has 0 spiro atoms. The highest BCUT2D eigenvalue weighted by molar-refractivity contribution is 6.30. The lowest BCUT2D eigenvalue weighted by molar-refractivity contribution is -0.145. The van der Waals surface area contributed by atoms with Crippen LogP contribution in [0.2, 0.25) is 5.02 Å². The molecule has 0 saturated heterocycles. The van der Waals surface area contributed by atoms with Gasteiger partial charge < -0.3 is 14.6 Å². The largest absolute Gasteiger partial charge is 0.468 e. The third-order valence-electron chi connectivity index (χ3n) is 1.90. The quantitative estimate of drug-likeness (QED) is 0.472. The highest BCUT2D eigenvalue weighted by Crippen LogP contribution is 2.21. The van der Waals surface area contributed by atoms with Gasteiger partial charge >= 0.3 is 0 Å². The van der Waals surface area contributed by atoms with Gasteiger partial charge in [0.05, 0.1) is 6.61 Å². The summed E-state index contributed by atoms with van der Waals surface area (Å²) in [6, 6.07) is 6.62. The standard InChI is InChI=1S/C11H13ClO4/c1-11(14,6-7-15-8-13)16-10-4-2-9(12)3-5-10/h2-5,8,14H,6-7H2,1H3. The molecule has 1 unspecified atom stereocenters. The third-order valence-corrected chi connectivity index (χ3v) is 2.16. The summed E-state index contributed by atoms with van der Waals surface area (Å²) in [4.78, 5) is 9.93. The Kier molecular flexibility index (Phi) is 4.58. The zero-order valence-electron chi connectivity index (χ0n) is 8.85. The normalized spacial score (nSPS) is 13.9. The molecule has 5 heteroatoms. The highest BCUT2D eigenvalue weighted by Gasteiger charge is 2.22. The second-order valence-corrected chi connectivity index (χ2v) is 3.88. The van der Waals surface area contributed by atoms with Gasteiger partial charge in [-0.3, -0.25) is 4.79 Å². The number of carbonyl (C=O) groups is 1. The van der Waals surface area contributed by atoms with Crippen molar-refractivity contribution in [3.8, 4) is 5.75 Å². The molecule has 1 atom stereocenters. The molecule has 0 saturated carbocycles. The minimum absolute atomic E-state index is 0.101. The van der Waals surface area contributed by atoms with Gasteiger partial charge in [-0.15, -0.1) is 0 Å². The zero-order chi connectivity index (χ0) is 12.0. The Bertz CT molecular complexity index is 334. The lowest BCUT2D eigenvalue weighted by Crippen LogP contribution is -2.33. The summed E-state index contributed by atoms with van der Waals surface area (Å²) in [6.07, 6.45) is 0.189. The van der Waals surface area contributed by atoms with E-state index in [9.17, 15) is 9.90 Å². The topological polar surface area (TPSA) is 55.8 Å². The molecule has 0 aliphatic heterocycles. The molecule has 0 aromatic heterocycles. The third kappa shape index (κ3) is 4.51. The van der Waals surface area contributed by atoms with Gasteiger partial charge in [0.1, 0.15) is 5.75 Å². The number of hydrogen-bond acceptors (Lipinski definition) is 4. The van der Waals surface area contributed by atoms with Crippen LogP contribution in [0.25, 0.3) is 0 Å². The van der Waals surface area contributed by atoms with Gasteiger partial charge in [0.2, 0.25) is 5.79 Å². The number of hydrogen-bond donors (Lipinski definition) is 1. The Hall–Kier alpha value is -1.26. The Morgan fingerprint density at radius 1 is 1.44 bits per heavy atom. The average Bonchev–Trinajstić information content (AvgIpc) is 2.21. The van der Waals surface area contributed by atoms with E-state index in [4.69, 9.17) is 16.3 Å². The maximum Gasteiger partial charge on any atom is 0.293 e. The smallest absolute Gasteiger partial charge is 0.293 e. The lowest BCUT2D eigenvalue weighted by Gasteiger charge is -2.24. The molecule has 1 aromatic rings. The summed E-state index contributed by atoms with van der Waals surface area (Å²) in [5.41, 5.74) is 0. The average molecular weight is 245 g/mol. The molecule has 4 nitrogen and oxygen atoms in total. The van der Waals surface area contributed by atoms with E-state index in [1.54, 1.807) is 24.3 Å². The van der Waals surface area contributed by atoms with Crippen LogP contribution in [0.15, 0.2) is 24.3 Å². The van der Waals surface area contributed by atoms with Crippen molar-refractivity contribution >= 4 is 18.1 Å². The van der Waals surface area contributed by atoms with E-state index in [0.29, 0.717) is 17.2 Å². The molecule has 1 aromatic carbocycles. The van der Waals surface area contributed by atoms with E-state index in [2.05, 4.69) is 4.74 Å². The number of aliphatic hydroxyl groups is 1. The molecule has 1 N–H and O–H groups in total. The predicted octanol–water partition coefficient (Wildman–Crippen LogP) is 1.99. The van der Waals surface area contributed by atoms with Crippen molar-refractivity contribution in [3.63, 3.8) is 0 Å². The van der Waals surface area contributed by atoms with Crippen LogP contribution in [0, 0.1) is 0 Å². The van der Waals surface area contributed by atoms with Gasteiger partial charge in [0.25, 0.3) is 6.47 Å². The summed E-state index contributed by atoms with van der Waals surface area (Å²) < 4.78 is 9.79. The Morgan fingerprint density at radius 2 is 2.06 bits per heavy atom. The molecular formula is C11H13ClO4. The first-order chi connectivity index (χ1) is 7.53. The number of rotatable bonds is 6. The van der Waals surface area contributed by atoms with Crippen molar-refractivity contribution in [2.75, 3.05) is 6.61 Å². The lowest BCUT2D eigenvalue weighted by atomic mass is 10.2. The Labute approximate surface area is 98.7 Å². The van der Waals surface area contributed by atoms with Crippen LogP contribution in [0.1, 0.15) is 13.3 Å². The molecule has 0 heterocycles. The molecule has 16 heavy (non-hydrogen) atoms. The zero-order valence-corrected chi connectivity index (χ0v) is 9.61. The van der Waals surface area contributed by atoms with Gasteiger partial charge in [-0.2, -0.15) is 0 Å². The van der Waals surface area contributed by atoms with Crippen molar-refractivity contribution in [3.05, 3.63) is 29.3 Å². The van der Waals surface area contributed by atoms with E-state index in [0.717, 1.165) is 0 Å². The van der Waals surface area contributed by atoms with E-state index in [-0.39, 0.29) is 13.0 Å². The van der Waals surface area contributed by atoms with Crippen molar-refractivity contribution in [2.24, 2.45) is 0 Å². The minimum Gasteiger partial charge on any atom is -0.468 e. The number of ether oxygens (including phenoxy) is 2. The fourth-order valence-electron chi connectivity index (χ4n) is 1.10. The molecule has 88 valence electrons. The molecule has 0 aliphatic carbocycles. The van der Waals surface area contributed by atoms with Crippen molar-refractivity contribution in [2.45, 2.75) is 19.1 Å². The van der Waals surface area contributed by atoms with Crippen LogP contribution in [0.5, 0.6) is 5.75 Å². The van der Waals surface area contributed by atoms with Gasteiger partial charge in [-0.25, -0.2) is 0 Å². The number of carbonyl (C=O) groups excluding carboxylic acids is 1. The van der Waals surface area contributed by atoms with E-state index < -0.39 is 5.79 Å².